The van der Waals surface area contributed by atoms with Gasteiger partial charge < -0.3 is 15.4 Å². The van der Waals surface area contributed by atoms with Crippen molar-refractivity contribution in [2.24, 2.45) is 5.73 Å². The van der Waals surface area contributed by atoms with Crippen molar-refractivity contribution in [2.75, 3.05) is 31.6 Å². The summed E-state index contributed by atoms with van der Waals surface area (Å²) >= 11 is 0. The number of rotatable bonds is 8. The second-order valence-electron chi connectivity index (χ2n) is 5.75. The number of hydrogen-bond acceptors (Lipinski definition) is 3. The quantitative estimate of drug-likeness (QED) is 0.805. The van der Waals surface area contributed by atoms with Crippen LogP contribution in [0.4, 0.5) is 5.69 Å². The van der Waals surface area contributed by atoms with Crippen molar-refractivity contribution in [2.45, 2.75) is 26.2 Å². The predicted octanol–water partition coefficient (Wildman–Crippen LogP) is 3.83. The fourth-order valence-corrected chi connectivity index (χ4v) is 2.93. The van der Waals surface area contributed by atoms with Crippen LogP contribution < -0.4 is 15.4 Å². The SMILES string of the molecule is CCN(CC)c1ccc(CC(CN)c2ccc(OC)cc2)cc1. The summed E-state index contributed by atoms with van der Waals surface area (Å²) in [6.45, 7) is 7.08. The van der Waals surface area contributed by atoms with Gasteiger partial charge in [0.05, 0.1) is 7.11 Å². The highest BCUT2D eigenvalue weighted by molar-refractivity contribution is 5.47. The van der Waals surface area contributed by atoms with E-state index in [4.69, 9.17) is 10.5 Å². The fraction of sp³-hybridized carbons (Fsp3) is 0.400. The zero-order valence-electron chi connectivity index (χ0n) is 14.5. The molecule has 0 saturated heterocycles. The molecule has 0 fully saturated rings. The lowest BCUT2D eigenvalue weighted by molar-refractivity contribution is 0.414. The molecule has 0 amide bonds. The number of nitrogens with two attached hydrogens (primary N) is 1. The average Bonchev–Trinajstić information content (AvgIpc) is 2.62. The zero-order valence-corrected chi connectivity index (χ0v) is 14.5. The van der Waals surface area contributed by atoms with Gasteiger partial charge in [0.1, 0.15) is 5.75 Å². The van der Waals surface area contributed by atoms with Gasteiger partial charge >= 0.3 is 0 Å². The van der Waals surface area contributed by atoms with Crippen molar-refractivity contribution < 1.29 is 4.74 Å². The second-order valence-corrected chi connectivity index (χ2v) is 5.75. The van der Waals surface area contributed by atoms with Gasteiger partial charge in [-0.3, -0.25) is 0 Å². The number of ether oxygens (including phenoxy) is 1. The fourth-order valence-electron chi connectivity index (χ4n) is 2.93. The summed E-state index contributed by atoms with van der Waals surface area (Å²) < 4.78 is 5.22. The molecule has 1 atom stereocenters. The Balaban J connectivity index is 2.08. The Labute approximate surface area is 140 Å². The Kier molecular flexibility index (Phi) is 6.48. The standard InChI is InChI=1S/C20H28N2O/c1-4-22(5-2)19-10-6-16(7-11-19)14-18(15-21)17-8-12-20(23-3)13-9-17/h6-13,18H,4-5,14-15,21H2,1-3H3. The molecule has 0 bridgehead atoms. The van der Waals surface area contributed by atoms with Crippen LogP contribution in [0.5, 0.6) is 5.75 Å². The minimum atomic E-state index is 0.334. The van der Waals surface area contributed by atoms with E-state index in [1.807, 2.05) is 12.1 Å². The van der Waals surface area contributed by atoms with E-state index in [-0.39, 0.29) is 0 Å². The Morgan fingerprint density at radius 1 is 0.957 bits per heavy atom. The average molecular weight is 312 g/mol. The highest BCUT2D eigenvalue weighted by atomic mass is 16.5. The van der Waals surface area contributed by atoms with E-state index in [0.717, 1.165) is 25.3 Å². The van der Waals surface area contributed by atoms with E-state index >= 15 is 0 Å². The largest absolute Gasteiger partial charge is 0.497 e. The van der Waals surface area contributed by atoms with E-state index < -0.39 is 0 Å². The summed E-state index contributed by atoms with van der Waals surface area (Å²) in [7, 11) is 1.69. The third-order valence-corrected chi connectivity index (χ3v) is 4.42. The van der Waals surface area contributed by atoms with Crippen molar-refractivity contribution in [3.05, 3.63) is 59.7 Å². The third kappa shape index (κ3) is 4.49. The molecule has 2 aromatic carbocycles. The van der Waals surface area contributed by atoms with Gasteiger partial charge in [-0.15, -0.1) is 0 Å². The van der Waals surface area contributed by atoms with Gasteiger partial charge in [0.15, 0.2) is 0 Å². The first kappa shape index (κ1) is 17.4. The number of hydrogen-bond donors (Lipinski definition) is 1. The van der Waals surface area contributed by atoms with Crippen molar-refractivity contribution in [3.8, 4) is 5.75 Å². The molecule has 3 heteroatoms. The number of benzene rings is 2. The van der Waals surface area contributed by atoms with Gasteiger partial charge in [-0.25, -0.2) is 0 Å². The maximum absolute atomic E-state index is 6.00. The van der Waals surface area contributed by atoms with Crippen LogP contribution in [0.2, 0.25) is 0 Å². The van der Waals surface area contributed by atoms with Crippen LogP contribution >= 0.6 is 0 Å². The lowest BCUT2D eigenvalue weighted by Gasteiger charge is -2.22. The minimum Gasteiger partial charge on any atom is -0.497 e. The minimum absolute atomic E-state index is 0.334. The molecule has 2 rings (SSSR count). The van der Waals surface area contributed by atoms with Crippen molar-refractivity contribution >= 4 is 5.69 Å². The molecule has 23 heavy (non-hydrogen) atoms. The van der Waals surface area contributed by atoms with Gasteiger partial charge in [0.25, 0.3) is 0 Å². The van der Waals surface area contributed by atoms with Gasteiger partial charge in [0.2, 0.25) is 0 Å². The molecule has 0 aliphatic heterocycles. The lowest BCUT2D eigenvalue weighted by Crippen LogP contribution is -2.21. The maximum atomic E-state index is 6.00. The normalized spacial score (nSPS) is 12.0. The van der Waals surface area contributed by atoms with Crippen LogP contribution in [0.1, 0.15) is 30.9 Å². The summed E-state index contributed by atoms with van der Waals surface area (Å²) in [4.78, 5) is 2.35. The summed E-state index contributed by atoms with van der Waals surface area (Å²) in [6, 6.07) is 17.1. The third-order valence-electron chi connectivity index (χ3n) is 4.42. The first-order valence-corrected chi connectivity index (χ1v) is 8.39. The van der Waals surface area contributed by atoms with Crippen LogP contribution in [-0.4, -0.2) is 26.7 Å². The number of methoxy groups -OCH3 is 1. The van der Waals surface area contributed by atoms with Crippen LogP contribution in [0.25, 0.3) is 0 Å². The van der Waals surface area contributed by atoms with Gasteiger partial charge in [-0.05, 0) is 62.2 Å². The Hall–Kier alpha value is -2.00. The Morgan fingerprint density at radius 2 is 1.57 bits per heavy atom. The van der Waals surface area contributed by atoms with E-state index in [0.29, 0.717) is 12.5 Å². The van der Waals surface area contributed by atoms with Gasteiger partial charge in [-0.1, -0.05) is 24.3 Å². The molecule has 3 nitrogen and oxygen atoms in total. The molecule has 0 heterocycles. The molecule has 2 N–H and O–H groups in total. The van der Waals surface area contributed by atoms with Crippen LogP contribution in [0, 0.1) is 0 Å². The molecule has 124 valence electrons. The van der Waals surface area contributed by atoms with E-state index in [1.54, 1.807) is 7.11 Å². The molecule has 0 aliphatic rings. The smallest absolute Gasteiger partial charge is 0.118 e. The van der Waals surface area contributed by atoms with Gasteiger partial charge in [-0.2, -0.15) is 0 Å². The number of nitrogens with zero attached hydrogens (tertiary/aromatic N) is 1. The molecule has 0 radical (unpaired) electrons. The topological polar surface area (TPSA) is 38.5 Å². The lowest BCUT2D eigenvalue weighted by atomic mass is 9.92. The molecule has 2 aromatic rings. The van der Waals surface area contributed by atoms with Crippen molar-refractivity contribution in [3.63, 3.8) is 0 Å². The molecule has 0 aliphatic carbocycles. The first-order chi connectivity index (χ1) is 11.2. The highest BCUT2D eigenvalue weighted by Gasteiger charge is 2.11. The summed E-state index contributed by atoms with van der Waals surface area (Å²) in [5.41, 5.74) is 9.88. The van der Waals surface area contributed by atoms with E-state index in [2.05, 4.69) is 55.1 Å². The van der Waals surface area contributed by atoms with E-state index in [1.165, 1.54) is 16.8 Å². The molecular formula is C20H28N2O. The zero-order chi connectivity index (χ0) is 16.7. The van der Waals surface area contributed by atoms with Gasteiger partial charge in [0, 0.05) is 24.7 Å². The molecule has 0 spiro atoms. The molecule has 1 unspecified atom stereocenters. The predicted molar refractivity (Wildman–Crippen MR) is 98.5 cm³/mol. The van der Waals surface area contributed by atoms with Crippen molar-refractivity contribution in [1.29, 1.82) is 0 Å². The van der Waals surface area contributed by atoms with Crippen LogP contribution in [-0.2, 0) is 6.42 Å². The summed E-state index contributed by atoms with van der Waals surface area (Å²) in [5, 5.41) is 0. The highest BCUT2D eigenvalue weighted by Crippen LogP contribution is 2.24. The first-order valence-electron chi connectivity index (χ1n) is 8.39. The molecule has 0 saturated carbocycles. The molecular weight excluding hydrogens is 284 g/mol. The van der Waals surface area contributed by atoms with E-state index in [9.17, 15) is 0 Å². The summed E-state index contributed by atoms with van der Waals surface area (Å²) in [5.74, 6) is 1.22. The number of anilines is 1. The molecule has 0 aromatic heterocycles. The Morgan fingerprint density at radius 3 is 2.04 bits per heavy atom. The maximum Gasteiger partial charge on any atom is 0.118 e. The Bertz CT molecular complexity index is 574. The second kappa shape index (κ2) is 8.59. The monoisotopic (exact) mass is 312 g/mol. The summed E-state index contributed by atoms with van der Waals surface area (Å²) in [6.07, 6.45) is 0.960. The van der Waals surface area contributed by atoms with Crippen molar-refractivity contribution in [1.82, 2.24) is 0 Å². The van der Waals surface area contributed by atoms with Crippen LogP contribution in [0.3, 0.4) is 0 Å². The van der Waals surface area contributed by atoms with Crippen LogP contribution in [0.15, 0.2) is 48.5 Å².